The van der Waals surface area contributed by atoms with E-state index in [4.69, 9.17) is 4.74 Å². The van der Waals surface area contributed by atoms with Crippen LogP contribution in [0, 0.1) is 5.82 Å². The smallest absolute Gasteiger partial charge is 0.283 e. The van der Waals surface area contributed by atoms with Gasteiger partial charge in [-0.2, -0.15) is 0 Å². The predicted molar refractivity (Wildman–Crippen MR) is 102 cm³/mol. The number of nitrogens with one attached hydrogen (secondary N) is 2. The van der Waals surface area contributed by atoms with Gasteiger partial charge in [0.25, 0.3) is 5.91 Å². The Kier molecular flexibility index (Phi) is 6.12. The van der Waals surface area contributed by atoms with Crippen LogP contribution >= 0.6 is 0 Å². The largest absolute Gasteiger partial charge is 0.494 e. The van der Waals surface area contributed by atoms with Crippen molar-refractivity contribution >= 4 is 5.91 Å². The van der Waals surface area contributed by atoms with Crippen molar-refractivity contribution in [3.63, 3.8) is 0 Å². The number of carbonyl (C=O) groups excluding carboxylic acids is 1. The van der Waals surface area contributed by atoms with Crippen LogP contribution in [-0.4, -0.2) is 17.5 Å². The van der Waals surface area contributed by atoms with Crippen molar-refractivity contribution in [2.45, 2.75) is 13.5 Å². The molecule has 0 radical (unpaired) electrons. The van der Waals surface area contributed by atoms with E-state index in [1.807, 2.05) is 37.3 Å². The Morgan fingerprint density at radius 1 is 1.07 bits per heavy atom. The molecule has 1 aromatic heterocycles. The maximum atomic E-state index is 13.6. The molecule has 5 nitrogen and oxygen atoms in total. The molecule has 0 fully saturated rings. The first kappa shape index (κ1) is 18.5. The topological polar surface area (TPSA) is 63.2 Å². The minimum absolute atomic E-state index is 0.178. The van der Waals surface area contributed by atoms with Crippen LogP contribution in [0.1, 0.15) is 23.0 Å². The average molecular weight is 365 g/mol. The van der Waals surface area contributed by atoms with Gasteiger partial charge in [-0.15, -0.1) is 0 Å². The third-order valence-corrected chi connectivity index (χ3v) is 3.93. The fourth-order valence-corrected chi connectivity index (χ4v) is 2.57. The Morgan fingerprint density at radius 2 is 1.85 bits per heavy atom. The predicted octanol–water partition coefficient (Wildman–Crippen LogP) is 3.72. The lowest BCUT2D eigenvalue weighted by Gasteiger charge is -2.09. The third kappa shape index (κ3) is 4.89. The molecule has 3 aromatic rings. The number of benzene rings is 2. The highest BCUT2D eigenvalue weighted by Crippen LogP contribution is 2.22. The number of pyridine rings is 1. The molecule has 0 saturated heterocycles. The van der Waals surface area contributed by atoms with Gasteiger partial charge in [0.2, 0.25) is 0 Å². The summed E-state index contributed by atoms with van der Waals surface area (Å²) in [6, 6.07) is 17.5. The van der Waals surface area contributed by atoms with Crippen molar-refractivity contribution in [1.82, 2.24) is 15.8 Å². The molecule has 0 aliphatic carbocycles. The molecule has 27 heavy (non-hydrogen) atoms. The van der Waals surface area contributed by atoms with E-state index in [9.17, 15) is 9.18 Å². The van der Waals surface area contributed by atoms with Gasteiger partial charge >= 0.3 is 0 Å². The van der Waals surface area contributed by atoms with E-state index in [0.717, 1.165) is 16.9 Å². The van der Waals surface area contributed by atoms with E-state index < -0.39 is 0 Å². The van der Waals surface area contributed by atoms with Gasteiger partial charge in [-0.05, 0) is 48.4 Å². The molecule has 0 spiro atoms. The molecule has 138 valence electrons. The Hall–Kier alpha value is -3.25. The maximum Gasteiger partial charge on any atom is 0.283 e. The van der Waals surface area contributed by atoms with Crippen LogP contribution in [0.25, 0.3) is 11.1 Å². The third-order valence-electron chi connectivity index (χ3n) is 3.93. The van der Waals surface area contributed by atoms with E-state index in [1.54, 1.807) is 30.5 Å². The fourth-order valence-electron chi connectivity index (χ4n) is 2.57. The van der Waals surface area contributed by atoms with Gasteiger partial charge in [0.15, 0.2) is 0 Å². The number of carbonyl (C=O) groups is 1. The standard InChI is InChI=1S/C21H20FN3O2/c1-2-27-18-9-7-15(8-10-18)16-11-12-23-20(13-16)21(26)25-24-14-17-5-3-4-6-19(17)22/h3-13,24H,2,14H2,1H3,(H,25,26). The summed E-state index contributed by atoms with van der Waals surface area (Å²) in [5, 5.41) is 0. The minimum atomic E-state index is -0.390. The number of hydrazine groups is 1. The van der Waals surface area contributed by atoms with Crippen LogP contribution in [0.2, 0.25) is 0 Å². The van der Waals surface area contributed by atoms with E-state index in [-0.39, 0.29) is 24.0 Å². The van der Waals surface area contributed by atoms with Crippen molar-refractivity contribution in [3.8, 4) is 16.9 Å². The van der Waals surface area contributed by atoms with Crippen molar-refractivity contribution in [3.05, 3.63) is 83.9 Å². The number of nitrogens with zero attached hydrogens (tertiary/aromatic N) is 1. The number of aromatic nitrogens is 1. The molecule has 2 aromatic carbocycles. The SMILES string of the molecule is CCOc1ccc(-c2ccnc(C(=O)NNCc3ccccc3F)c2)cc1. The Labute approximate surface area is 157 Å². The molecule has 3 rings (SSSR count). The summed E-state index contributed by atoms with van der Waals surface area (Å²) in [5.41, 5.74) is 7.82. The van der Waals surface area contributed by atoms with Gasteiger partial charge in [-0.25, -0.2) is 9.82 Å². The lowest BCUT2D eigenvalue weighted by molar-refractivity contribution is 0.0927. The summed E-state index contributed by atoms with van der Waals surface area (Å²) in [5.74, 6) is 0.0830. The zero-order chi connectivity index (χ0) is 19.1. The van der Waals surface area contributed by atoms with E-state index in [2.05, 4.69) is 15.8 Å². The summed E-state index contributed by atoms with van der Waals surface area (Å²) in [7, 11) is 0. The van der Waals surface area contributed by atoms with Crippen molar-refractivity contribution in [2.75, 3.05) is 6.61 Å². The van der Waals surface area contributed by atoms with Crippen LogP contribution in [-0.2, 0) is 6.54 Å². The number of hydrogen-bond acceptors (Lipinski definition) is 4. The highest BCUT2D eigenvalue weighted by molar-refractivity contribution is 5.93. The molecule has 2 N–H and O–H groups in total. The quantitative estimate of drug-likeness (QED) is 0.627. The molecule has 0 aliphatic heterocycles. The summed E-state index contributed by atoms with van der Waals surface area (Å²) < 4.78 is 19.0. The fraction of sp³-hybridized carbons (Fsp3) is 0.143. The van der Waals surface area contributed by atoms with Crippen LogP contribution in [0.3, 0.4) is 0 Å². The van der Waals surface area contributed by atoms with E-state index >= 15 is 0 Å². The normalized spacial score (nSPS) is 10.4. The van der Waals surface area contributed by atoms with Crippen LogP contribution in [0.4, 0.5) is 4.39 Å². The van der Waals surface area contributed by atoms with Crippen molar-refractivity contribution in [1.29, 1.82) is 0 Å². The second-order valence-corrected chi connectivity index (χ2v) is 5.79. The van der Waals surface area contributed by atoms with Crippen LogP contribution in [0.15, 0.2) is 66.9 Å². The summed E-state index contributed by atoms with van der Waals surface area (Å²) >= 11 is 0. The molecule has 1 amide bonds. The van der Waals surface area contributed by atoms with E-state index in [1.165, 1.54) is 6.07 Å². The minimum Gasteiger partial charge on any atom is -0.494 e. The Bertz CT molecular complexity index is 913. The number of ether oxygens (including phenoxy) is 1. The first-order valence-electron chi connectivity index (χ1n) is 8.63. The number of hydrogen-bond donors (Lipinski definition) is 2. The molecule has 0 saturated carbocycles. The van der Waals surface area contributed by atoms with Gasteiger partial charge in [0.1, 0.15) is 17.3 Å². The number of amides is 1. The number of halogens is 1. The molecule has 0 unspecified atom stereocenters. The summed E-state index contributed by atoms with van der Waals surface area (Å²) in [6.45, 7) is 2.72. The van der Waals surface area contributed by atoms with Gasteiger partial charge < -0.3 is 4.74 Å². The first-order valence-corrected chi connectivity index (χ1v) is 8.63. The highest BCUT2D eigenvalue weighted by atomic mass is 19.1. The molecule has 6 heteroatoms. The first-order chi connectivity index (χ1) is 13.2. The zero-order valence-electron chi connectivity index (χ0n) is 14.9. The molecule has 0 aliphatic rings. The average Bonchev–Trinajstić information content (AvgIpc) is 2.70. The second kappa shape index (κ2) is 8.91. The molecule has 1 heterocycles. The van der Waals surface area contributed by atoms with Crippen LogP contribution in [0.5, 0.6) is 5.75 Å². The maximum absolute atomic E-state index is 13.6. The number of rotatable bonds is 7. The second-order valence-electron chi connectivity index (χ2n) is 5.79. The Balaban J connectivity index is 1.64. The lowest BCUT2D eigenvalue weighted by atomic mass is 10.1. The summed E-state index contributed by atoms with van der Waals surface area (Å²) in [4.78, 5) is 16.4. The highest BCUT2D eigenvalue weighted by Gasteiger charge is 2.09. The van der Waals surface area contributed by atoms with Gasteiger partial charge in [0.05, 0.1) is 6.61 Å². The lowest BCUT2D eigenvalue weighted by Crippen LogP contribution is -2.37. The Morgan fingerprint density at radius 3 is 2.59 bits per heavy atom. The van der Waals surface area contributed by atoms with Gasteiger partial charge in [-0.3, -0.25) is 15.2 Å². The zero-order valence-corrected chi connectivity index (χ0v) is 14.9. The van der Waals surface area contributed by atoms with Crippen LogP contribution < -0.4 is 15.6 Å². The van der Waals surface area contributed by atoms with Crippen molar-refractivity contribution < 1.29 is 13.9 Å². The summed E-state index contributed by atoms with van der Waals surface area (Å²) in [6.07, 6.45) is 1.58. The monoisotopic (exact) mass is 365 g/mol. The molecule has 0 atom stereocenters. The van der Waals surface area contributed by atoms with E-state index in [0.29, 0.717) is 12.2 Å². The van der Waals surface area contributed by atoms with Gasteiger partial charge in [-0.1, -0.05) is 30.3 Å². The van der Waals surface area contributed by atoms with Crippen molar-refractivity contribution in [2.24, 2.45) is 0 Å². The van der Waals surface area contributed by atoms with Gasteiger partial charge in [0, 0.05) is 18.3 Å². The molecular formula is C21H20FN3O2. The molecular weight excluding hydrogens is 345 g/mol. The molecule has 0 bridgehead atoms.